The molecule has 2 aromatic carbocycles. The molecule has 8 nitrogen and oxygen atoms in total. The van der Waals surface area contributed by atoms with Crippen LogP contribution >= 0.6 is 0 Å². The molecule has 152 valence electrons. The molecular formula is C21H24N4O4. The maximum absolute atomic E-state index is 5.42. The van der Waals surface area contributed by atoms with E-state index >= 15 is 0 Å². The molecule has 2 N–H and O–H groups in total. The molecule has 0 radical (unpaired) electrons. The summed E-state index contributed by atoms with van der Waals surface area (Å²) in [5.74, 6) is 3.75. The van der Waals surface area contributed by atoms with Gasteiger partial charge in [0.2, 0.25) is 5.95 Å². The summed E-state index contributed by atoms with van der Waals surface area (Å²) in [6.45, 7) is 1.89. The van der Waals surface area contributed by atoms with Crippen molar-refractivity contribution in [2.75, 3.05) is 39.1 Å². The summed E-state index contributed by atoms with van der Waals surface area (Å²) >= 11 is 0. The highest BCUT2D eigenvalue weighted by Crippen LogP contribution is 2.33. The lowest BCUT2D eigenvalue weighted by Crippen LogP contribution is -2.04. The molecule has 0 atom stereocenters. The zero-order valence-electron chi connectivity index (χ0n) is 17.1. The molecule has 0 bridgehead atoms. The Morgan fingerprint density at radius 1 is 0.655 bits per heavy atom. The SMILES string of the molecule is COc1ccc(OC)c(Nc2cc(C)nc(Nc3cc(OC)ccc3OC)n2)c1. The summed E-state index contributed by atoms with van der Waals surface area (Å²) < 4.78 is 21.4. The fourth-order valence-corrected chi connectivity index (χ4v) is 2.77. The minimum absolute atomic E-state index is 0.418. The Bertz CT molecular complexity index is 919. The predicted molar refractivity (Wildman–Crippen MR) is 112 cm³/mol. The van der Waals surface area contributed by atoms with E-state index in [1.54, 1.807) is 28.4 Å². The molecular weight excluding hydrogens is 372 g/mol. The molecule has 0 fully saturated rings. The fraction of sp³-hybridized carbons (Fsp3) is 0.238. The molecule has 1 heterocycles. The number of methoxy groups -OCH3 is 4. The molecule has 29 heavy (non-hydrogen) atoms. The molecule has 0 aliphatic rings. The summed E-state index contributed by atoms with van der Waals surface area (Å²) in [5, 5.41) is 6.46. The van der Waals surface area contributed by atoms with Gasteiger partial charge in [0.05, 0.1) is 39.8 Å². The van der Waals surface area contributed by atoms with E-state index in [0.29, 0.717) is 40.5 Å². The van der Waals surface area contributed by atoms with E-state index in [-0.39, 0.29) is 0 Å². The molecule has 3 aromatic rings. The lowest BCUT2D eigenvalue weighted by Gasteiger charge is -2.15. The van der Waals surface area contributed by atoms with Crippen LogP contribution in [0.5, 0.6) is 23.0 Å². The van der Waals surface area contributed by atoms with Crippen LogP contribution in [-0.2, 0) is 0 Å². The van der Waals surface area contributed by atoms with Gasteiger partial charge in [-0.3, -0.25) is 0 Å². The maximum Gasteiger partial charge on any atom is 0.229 e. The fourth-order valence-electron chi connectivity index (χ4n) is 2.77. The summed E-state index contributed by atoms with van der Waals surface area (Å²) in [4.78, 5) is 9.02. The molecule has 0 aliphatic carbocycles. The van der Waals surface area contributed by atoms with Crippen molar-refractivity contribution in [2.45, 2.75) is 6.92 Å². The number of ether oxygens (including phenoxy) is 4. The molecule has 0 unspecified atom stereocenters. The highest BCUT2D eigenvalue weighted by Gasteiger charge is 2.11. The van der Waals surface area contributed by atoms with E-state index in [0.717, 1.165) is 11.4 Å². The monoisotopic (exact) mass is 396 g/mol. The Hall–Kier alpha value is -3.68. The van der Waals surface area contributed by atoms with Crippen LogP contribution in [0.25, 0.3) is 0 Å². The third-order valence-corrected chi connectivity index (χ3v) is 4.18. The molecule has 0 amide bonds. The topological polar surface area (TPSA) is 86.8 Å². The second kappa shape index (κ2) is 9.01. The first-order valence-corrected chi connectivity index (χ1v) is 8.90. The van der Waals surface area contributed by atoms with E-state index in [1.807, 2.05) is 49.4 Å². The number of aryl methyl sites for hydroxylation is 1. The van der Waals surface area contributed by atoms with E-state index in [1.165, 1.54) is 0 Å². The van der Waals surface area contributed by atoms with Crippen molar-refractivity contribution in [1.29, 1.82) is 0 Å². The molecule has 0 spiro atoms. The minimum atomic E-state index is 0.418. The van der Waals surface area contributed by atoms with Gasteiger partial charge in [-0.1, -0.05) is 0 Å². The number of anilines is 4. The number of benzene rings is 2. The van der Waals surface area contributed by atoms with E-state index < -0.39 is 0 Å². The van der Waals surface area contributed by atoms with Crippen molar-refractivity contribution >= 4 is 23.1 Å². The van der Waals surface area contributed by atoms with Gasteiger partial charge in [-0.05, 0) is 31.2 Å². The summed E-state index contributed by atoms with van der Waals surface area (Å²) in [7, 11) is 6.44. The van der Waals surface area contributed by atoms with Crippen LogP contribution in [0.3, 0.4) is 0 Å². The summed E-state index contributed by atoms with van der Waals surface area (Å²) in [5.41, 5.74) is 2.21. The van der Waals surface area contributed by atoms with Gasteiger partial charge in [0, 0.05) is 23.9 Å². The molecule has 0 aliphatic heterocycles. The van der Waals surface area contributed by atoms with Crippen molar-refractivity contribution in [3.05, 3.63) is 48.2 Å². The number of aromatic nitrogens is 2. The highest BCUT2D eigenvalue weighted by molar-refractivity contribution is 5.69. The second-order valence-corrected chi connectivity index (χ2v) is 6.10. The van der Waals surface area contributed by atoms with Crippen LogP contribution in [0.1, 0.15) is 5.69 Å². The average molecular weight is 396 g/mol. The van der Waals surface area contributed by atoms with Gasteiger partial charge < -0.3 is 29.6 Å². The Labute approximate surface area is 169 Å². The molecule has 0 saturated heterocycles. The first-order valence-electron chi connectivity index (χ1n) is 8.90. The maximum atomic E-state index is 5.42. The van der Waals surface area contributed by atoms with Crippen molar-refractivity contribution in [1.82, 2.24) is 9.97 Å². The highest BCUT2D eigenvalue weighted by atomic mass is 16.5. The molecule has 1 aromatic heterocycles. The van der Waals surface area contributed by atoms with E-state index in [4.69, 9.17) is 18.9 Å². The van der Waals surface area contributed by atoms with Crippen molar-refractivity contribution in [2.24, 2.45) is 0 Å². The van der Waals surface area contributed by atoms with Crippen LogP contribution in [0.4, 0.5) is 23.1 Å². The normalized spacial score (nSPS) is 10.2. The number of hydrogen-bond donors (Lipinski definition) is 2. The number of hydrogen-bond acceptors (Lipinski definition) is 8. The Balaban J connectivity index is 1.92. The van der Waals surface area contributed by atoms with Gasteiger partial charge in [0.15, 0.2) is 0 Å². The zero-order chi connectivity index (χ0) is 20.8. The minimum Gasteiger partial charge on any atom is -0.497 e. The van der Waals surface area contributed by atoms with Crippen LogP contribution in [0.2, 0.25) is 0 Å². The van der Waals surface area contributed by atoms with Gasteiger partial charge in [-0.25, -0.2) is 4.98 Å². The standard InChI is InChI=1S/C21H24N4O4/c1-13-10-20(23-16-11-14(26-2)6-8-18(16)28-4)25-21(22-13)24-17-12-15(27-3)7-9-19(17)29-5/h6-12H,1-5H3,(H2,22,23,24,25). The lowest BCUT2D eigenvalue weighted by atomic mass is 10.2. The number of nitrogens with one attached hydrogen (secondary N) is 2. The predicted octanol–water partition coefficient (Wildman–Crippen LogP) is 4.31. The lowest BCUT2D eigenvalue weighted by molar-refractivity contribution is 0.404. The van der Waals surface area contributed by atoms with Crippen molar-refractivity contribution in [3.63, 3.8) is 0 Å². The van der Waals surface area contributed by atoms with Gasteiger partial charge >= 0.3 is 0 Å². The average Bonchev–Trinajstić information content (AvgIpc) is 2.73. The van der Waals surface area contributed by atoms with Gasteiger partial charge in [-0.15, -0.1) is 0 Å². The van der Waals surface area contributed by atoms with E-state index in [9.17, 15) is 0 Å². The van der Waals surface area contributed by atoms with Crippen LogP contribution < -0.4 is 29.6 Å². The van der Waals surface area contributed by atoms with Crippen LogP contribution in [0.15, 0.2) is 42.5 Å². The van der Waals surface area contributed by atoms with Crippen molar-refractivity contribution < 1.29 is 18.9 Å². The van der Waals surface area contributed by atoms with Crippen molar-refractivity contribution in [3.8, 4) is 23.0 Å². The third kappa shape index (κ3) is 4.78. The summed E-state index contributed by atoms with van der Waals surface area (Å²) in [6.07, 6.45) is 0. The third-order valence-electron chi connectivity index (χ3n) is 4.18. The Kier molecular flexibility index (Phi) is 6.23. The molecule has 0 saturated carbocycles. The van der Waals surface area contributed by atoms with Gasteiger partial charge in [-0.2, -0.15) is 4.98 Å². The zero-order valence-corrected chi connectivity index (χ0v) is 17.1. The quantitative estimate of drug-likeness (QED) is 0.583. The van der Waals surface area contributed by atoms with Gasteiger partial charge in [0.25, 0.3) is 0 Å². The smallest absolute Gasteiger partial charge is 0.229 e. The van der Waals surface area contributed by atoms with Crippen LogP contribution in [-0.4, -0.2) is 38.4 Å². The largest absolute Gasteiger partial charge is 0.497 e. The first-order chi connectivity index (χ1) is 14.1. The summed E-state index contributed by atoms with van der Waals surface area (Å²) in [6, 6.07) is 12.8. The Morgan fingerprint density at radius 3 is 1.72 bits per heavy atom. The number of nitrogens with zero attached hydrogens (tertiary/aromatic N) is 2. The second-order valence-electron chi connectivity index (χ2n) is 6.10. The number of rotatable bonds is 8. The van der Waals surface area contributed by atoms with Gasteiger partial charge in [0.1, 0.15) is 28.8 Å². The first kappa shape index (κ1) is 20.1. The van der Waals surface area contributed by atoms with E-state index in [2.05, 4.69) is 20.6 Å². The molecule has 3 rings (SSSR count). The van der Waals surface area contributed by atoms with Crippen LogP contribution in [0, 0.1) is 6.92 Å². The molecule has 8 heteroatoms. The Morgan fingerprint density at radius 2 is 1.21 bits per heavy atom.